The van der Waals surface area contributed by atoms with Crippen molar-refractivity contribution in [3.05, 3.63) is 89.7 Å². The van der Waals surface area contributed by atoms with E-state index in [0.29, 0.717) is 44.0 Å². The number of urea groups is 1. The van der Waals surface area contributed by atoms with Gasteiger partial charge in [-0.25, -0.2) is 9.18 Å². The number of carbonyl (C=O) groups excluding carboxylic acids is 3. The molecule has 1 heterocycles. The summed E-state index contributed by atoms with van der Waals surface area (Å²) in [5.74, 6) is -0.623. The molecule has 0 spiro atoms. The highest BCUT2D eigenvalue weighted by Crippen LogP contribution is 2.30. The summed E-state index contributed by atoms with van der Waals surface area (Å²) in [5.41, 5.74) is 3.01. The molecule has 3 aromatic rings. The van der Waals surface area contributed by atoms with Crippen LogP contribution in [0.3, 0.4) is 0 Å². The highest BCUT2D eigenvalue weighted by molar-refractivity contribution is 6.02. The first kappa shape index (κ1) is 28.1. The van der Waals surface area contributed by atoms with Crippen LogP contribution in [0, 0.1) is 11.7 Å². The molecule has 0 unspecified atom stereocenters. The van der Waals surface area contributed by atoms with E-state index < -0.39 is 5.82 Å². The standard InChI is InChI=1S/C32H36FN5O3/c1-36(22-23-9-3-2-4-10-23)31(40)26-21-25(34-30(39)24-11-5-6-12-24)15-16-29(26)37-17-19-38(20-18-37)32(41)35-28-14-8-7-13-27(28)33/h2-4,7-10,13-16,21,24H,5-6,11-12,17-20,22H2,1H3,(H,34,39)(H,35,41). The molecule has 3 aromatic carbocycles. The summed E-state index contributed by atoms with van der Waals surface area (Å²) in [6.07, 6.45) is 3.92. The molecule has 0 aromatic heterocycles. The predicted molar refractivity (Wildman–Crippen MR) is 158 cm³/mol. The van der Waals surface area contributed by atoms with Crippen molar-refractivity contribution in [3.63, 3.8) is 0 Å². The highest BCUT2D eigenvalue weighted by Gasteiger charge is 2.27. The van der Waals surface area contributed by atoms with Crippen molar-refractivity contribution in [1.29, 1.82) is 0 Å². The molecule has 1 saturated heterocycles. The van der Waals surface area contributed by atoms with Crippen LogP contribution in [0.1, 0.15) is 41.6 Å². The Kier molecular flexibility index (Phi) is 8.82. The summed E-state index contributed by atoms with van der Waals surface area (Å²) in [6, 6.07) is 21.0. The molecule has 1 saturated carbocycles. The van der Waals surface area contributed by atoms with E-state index in [4.69, 9.17) is 0 Å². The van der Waals surface area contributed by atoms with Crippen LogP contribution in [0.25, 0.3) is 0 Å². The number of hydrogen-bond donors (Lipinski definition) is 2. The largest absolute Gasteiger partial charge is 0.367 e. The minimum absolute atomic E-state index is 0.000712. The summed E-state index contributed by atoms with van der Waals surface area (Å²) in [7, 11) is 1.77. The van der Waals surface area contributed by atoms with Crippen LogP contribution in [0.5, 0.6) is 0 Å². The Morgan fingerprint density at radius 2 is 1.56 bits per heavy atom. The molecule has 2 aliphatic rings. The van der Waals surface area contributed by atoms with Crippen LogP contribution in [0.2, 0.25) is 0 Å². The van der Waals surface area contributed by atoms with Gasteiger partial charge in [0, 0.05) is 57.1 Å². The van der Waals surface area contributed by atoms with E-state index in [1.165, 1.54) is 12.1 Å². The Bertz CT molecular complexity index is 1390. The van der Waals surface area contributed by atoms with Crippen LogP contribution >= 0.6 is 0 Å². The molecule has 41 heavy (non-hydrogen) atoms. The van der Waals surface area contributed by atoms with E-state index in [9.17, 15) is 18.8 Å². The molecule has 2 fully saturated rings. The zero-order chi connectivity index (χ0) is 28.8. The van der Waals surface area contributed by atoms with E-state index in [2.05, 4.69) is 15.5 Å². The molecule has 0 bridgehead atoms. The summed E-state index contributed by atoms with van der Waals surface area (Å²) >= 11 is 0. The zero-order valence-electron chi connectivity index (χ0n) is 23.3. The number of nitrogens with zero attached hydrogens (tertiary/aromatic N) is 3. The van der Waals surface area contributed by atoms with Gasteiger partial charge in [0.15, 0.2) is 0 Å². The second-order valence-electron chi connectivity index (χ2n) is 10.7. The van der Waals surface area contributed by atoms with E-state index >= 15 is 0 Å². The summed E-state index contributed by atoms with van der Waals surface area (Å²) in [4.78, 5) is 44.8. The average molecular weight is 558 g/mol. The third kappa shape index (κ3) is 6.85. The molecule has 4 amide bonds. The fourth-order valence-corrected chi connectivity index (χ4v) is 5.54. The number of nitrogens with one attached hydrogen (secondary N) is 2. The van der Waals surface area contributed by atoms with Crippen LogP contribution in [0.4, 0.5) is 26.2 Å². The smallest absolute Gasteiger partial charge is 0.322 e. The maximum atomic E-state index is 14.0. The topological polar surface area (TPSA) is 85.0 Å². The van der Waals surface area contributed by atoms with E-state index in [1.807, 2.05) is 42.5 Å². The predicted octanol–water partition coefficient (Wildman–Crippen LogP) is 5.58. The van der Waals surface area contributed by atoms with E-state index in [0.717, 1.165) is 36.9 Å². The normalized spacial score (nSPS) is 15.5. The van der Waals surface area contributed by atoms with Crippen LogP contribution < -0.4 is 15.5 Å². The van der Waals surface area contributed by atoms with Gasteiger partial charge in [-0.05, 0) is 48.7 Å². The second kappa shape index (κ2) is 12.8. The van der Waals surface area contributed by atoms with Crippen molar-refractivity contribution < 1.29 is 18.8 Å². The second-order valence-corrected chi connectivity index (χ2v) is 10.7. The Balaban J connectivity index is 1.32. The third-order valence-corrected chi connectivity index (χ3v) is 7.85. The average Bonchev–Trinajstić information content (AvgIpc) is 3.54. The van der Waals surface area contributed by atoms with Gasteiger partial charge in [0.25, 0.3) is 5.91 Å². The molecule has 9 heteroatoms. The molecule has 2 N–H and O–H groups in total. The van der Waals surface area contributed by atoms with Crippen molar-refractivity contribution in [2.24, 2.45) is 5.92 Å². The number of piperazine rings is 1. The maximum Gasteiger partial charge on any atom is 0.322 e. The van der Waals surface area contributed by atoms with Crippen molar-refractivity contribution in [1.82, 2.24) is 9.80 Å². The molecule has 1 aliphatic carbocycles. The number of amides is 4. The Morgan fingerprint density at radius 3 is 2.27 bits per heavy atom. The third-order valence-electron chi connectivity index (χ3n) is 7.85. The summed E-state index contributed by atoms with van der Waals surface area (Å²) < 4.78 is 14.0. The number of hydrogen-bond acceptors (Lipinski definition) is 4. The van der Waals surface area contributed by atoms with Crippen molar-refractivity contribution in [2.75, 3.05) is 48.8 Å². The quantitative estimate of drug-likeness (QED) is 0.397. The number of anilines is 3. The number of para-hydroxylation sites is 1. The van der Waals surface area contributed by atoms with Gasteiger partial charge in [-0.2, -0.15) is 0 Å². The van der Waals surface area contributed by atoms with E-state index in [-0.39, 0.29) is 29.5 Å². The minimum Gasteiger partial charge on any atom is -0.367 e. The van der Waals surface area contributed by atoms with Crippen molar-refractivity contribution >= 4 is 34.9 Å². The molecular weight excluding hydrogens is 521 g/mol. The van der Waals surface area contributed by atoms with Gasteiger partial charge in [0.2, 0.25) is 5.91 Å². The fourth-order valence-electron chi connectivity index (χ4n) is 5.54. The number of carbonyl (C=O) groups is 3. The molecule has 5 rings (SSSR count). The molecular formula is C32H36FN5O3. The molecule has 0 radical (unpaired) electrons. The zero-order valence-corrected chi connectivity index (χ0v) is 23.3. The van der Waals surface area contributed by atoms with Crippen LogP contribution in [0.15, 0.2) is 72.8 Å². The molecule has 214 valence electrons. The number of rotatable bonds is 7. The Hall–Kier alpha value is -4.40. The van der Waals surface area contributed by atoms with Gasteiger partial charge in [0.1, 0.15) is 5.82 Å². The lowest BCUT2D eigenvalue weighted by Crippen LogP contribution is -2.50. The highest BCUT2D eigenvalue weighted by atomic mass is 19.1. The monoisotopic (exact) mass is 557 g/mol. The number of halogens is 1. The van der Waals surface area contributed by atoms with Crippen molar-refractivity contribution in [2.45, 2.75) is 32.2 Å². The summed E-state index contributed by atoms with van der Waals surface area (Å²) in [5, 5.41) is 5.67. The lowest BCUT2D eigenvalue weighted by atomic mass is 10.1. The maximum absolute atomic E-state index is 14.0. The first-order chi connectivity index (χ1) is 19.9. The Morgan fingerprint density at radius 1 is 0.878 bits per heavy atom. The fraction of sp³-hybridized carbons (Fsp3) is 0.344. The number of benzene rings is 3. The van der Waals surface area contributed by atoms with Crippen molar-refractivity contribution in [3.8, 4) is 0 Å². The summed E-state index contributed by atoms with van der Waals surface area (Å²) in [6.45, 7) is 2.27. The molecule has 8 nitrogen and oxygen atoms in total. The Labute approximate surface area is 240 Å². The lowest BCUT2D eigenvalue weighted by Gasteiger charge is -2.37. The SMILES string of the molecule is CN(Cc1ccccc1)C(=O)c1cc(NC(=O)C2CCCC2)ccc1N1CCN(C(=O)Nc2ccccc2F)CC1. The van der Waals surface area contributed by atoms with Gasteiger partial charge < -0.3 is 25.3 Å². The first-order valence-electron chi connectivity index (χ1n) is 14.2. The van der Waals surface area contributed by atoms with Gasteiger partial charge in [-0.1, -0.05) is 55.3 Å². The minimum atomic E-state index is -0.484. The van der Waals surface area contributed by atoms with Gasteiger partial charge >= 0.3 is 6.03 Å². The first-order valence-corrected chi connectivity index (χ1v) is 14.2. The lowest BCUT2D eigenvalue weighted by molar-refractivity contribution is -0.119. The van der Waals surface area contributed by atoms with Crippen LogP contribution in [-0.4, -0.2) is 60.9 Å². The van der Waals surface area contributed by atoms with E-state index in [1.54, 1.807) is 35.0 Å². The van der Waals surface area contributed by atoms with Crippen LogP contribution in [-0.2, 0) is 11.3 Å². The van der Waals surface area contributed by atoms with Gasteiger partial charge in [-0.3, -0.25) is 9.59 Å². The molecule has 1 aliphatic heterocycles. The van der Waals surface area contributed by atoms with Gasteiger partial charge in [0.05, 0.1) is 11.3 Å². The van der Waals surface area contributed by atoms with Gasteiger partial charge in [-0.15, -0.1) is 0 Å². The molecule has 0 atom stereocenters.